The van der Waals surface area contributed by atoms with Gasteiger partial charge in [0.25, 0.3) is 5.91 Å². The molecule has 24 heavy (non-hydrogen) atoms. The molecule has 126 valence electrons. The van der Waals surface area contributed by atoms with E-state index in [0.29, 0.717) is 18.1 Å². The summed E-state index contributed by atoms with van der Waals surface area (Å²) in [6.45, 7) is 2.21. The lowest BCUT2D eigenvalue weighted by Crippen LogP contribution is -2.35. The maximum atomic E-state index is 12.4. The number of rotatable bonds is 5. The fourth-order valence-corrected chi connectivity index (χ4v) is 2.83. The van der Waals surface area contributed by atoms with Gasteiger partial charge in [-0.05, 0) is 25.3 Å². The zero-order chi connectivity index (χ0) is 16.8. The standard InChI is InChI=1S/C18H22N4O2/c1-24-16-8-4-3-7-14(16)11-19-18-20-12-15(13-21-18)17(23)22-9-5-2-6-10-22/h3-4,7-8,12-13H,2,5-6,9-11H2,1H3,(H,19,20,21). The number of carbonyl (C=O) groups excluding carboxylic acids is 1. The first-order chi connectivity index (χ1) is 11.8. The first kappa shape index (κ1) is 16.2. The van der Waals surface area contributed by atoms with E-state index in [1.165, 1.54) is 6.42 Å². The van der Waals surface area contributed by atoms with E-state index < -0.39 is 0 Å². The second-order valence-electron chi connectivity index (χ2n) is 5.81. The average Bonchev–Trinajstić information content (AvgIpc) is 2.67. The molecule has 0 bridgehead atoms. The molecule has 1 aromatic heterocycles. The van der Waals surface area contributed by atoms with Crippen LogP contribution >= 0.6 is 0 Å². The normalized spacial score (nSPS) is 14.3. The molecule has 6 nitrogen and oxygen atoms in total. The van der Waals surface area contributed by atoms with E-state index in [1.54, 1.807) is 19.5 Å². The highest BCUT2D eigenvalue weighted by Gasteiger charge is 2.18. The Morgan fingerprint density at radius 2 is 1.88 bits per heavy atom. The zero-order valence-corrected chi connectivity index (χ0v) is 13.9. The molecule has 2 aromatic rings. The predicted octanol–water partition coefficient (Wildman–Crippen LogP) is 2.72. The van der Waals surface area contributed by atoms with Crippen LogP contribution in [0.15, 0.2) is 36.7 Å². The van der Waals surface area contributed by atoms with Crippen molar-refractivity contribution in [3.8, 4) is 5.75 Å². The summed E-state index contributed by atoms with van der Waals surface area (Å²) in [5.74, 6) is 1.34. The van der Waals surface area contributed by atoms with Crippen LogP contribution in [0.25, 0.3) is 0 Å². The summed E-state index contributed by atoms with van der Waals surface area (Å²) in [7, 11) is 1.65. The number of likely N-dealkylation sites (tertiary alicyclic amines) is 1. The van der Waals surface area contributed by atoms with Crippen molar-refractivity contribution in [1.82, 2.24) is 14.9 Å². The van der Waals surface area contributed by atoms with Crippen molar-refractivity contribution in [3.63, 3.8) is 0 Å². The first-order valence-corrected chi connectivity index (χ1v) is 8.25. The van der Waals surface area contributed by atoms with Crippen LogP contribution in [0.5, 0.6) is 5.75 Å². The summed E-state index contributed by atoms with van der Waals surface area (Å²) in [5.41, 5.74) is 1.57. The molecular formula is C18H22N4O2. The second kappa shape index (κ2) is 7.77. The average molecular weight is 326 g/mol. The quantitative estimate of drug-likeness (QED) is 0.915. The van der Waals surface area contributed by atoms with Gasteiger partial charge in [0, 0.05) is 37.6 Å². The van der Waals surface area contributed by atoms with Crippen molar-refractivity contribution < 1.29 is 9.53 Å². The third-order valence-corrected chi connectivity index (χ3v) is 4.17. The lowest BCUT2D eigenvalue weighted by atomic mass is 10.1. The molecule has 1 fully saturated rings. The number of aromatic nitrogens is 2. The van der Waals surface area contributed by atoms with Crippen LogP contribution in [0.1, 0.15) is 35.2 Å². The van der Waals surface area contributed by atoms with E-state index in [0.717, 1.165) is 37.2 Å². The number of nitrogens with one attached hydrogen (secondary N) is 1. The third-order valence-electron chi connectivity index (χ3n) is 4.17. The van der Waals surface area contributed by atoms with Crippen molar-refractivity contribution in [1.29, 1.82) is 0 Å². The topological polar surface area (TPSA) is 67.3 Å². The molecule has 0 aliphatic carbocycles. The van der Waals surface area contributed by atoms with Gasteiger partial charge in [-0.25, -0.2) is 9.97 Å². The van der Waals surface area contributed by atoms with Crippen molar-refractivity contribution in [2.75, 3.05) is 25.5 Å². The Labute approximate surface area is 141 Å². The summed E-state index contributed by atoms with van der Waals surface area (Å²) in [5, 5.41) is 3.15. The molecule has 1 aliphatic heterocycles. The predicted molar refractivity (Wildman–Crippen MR) is 92.1 cm³/mol. The van der Waals surface area contributed by atoms with Gasteiger partial charge in [-0.3, -0.25) is 4.79 Å². The lowest BCUT2D eigenvalue weighted by molar-refractivity contribution is 0.0723. The smallest absolute Gasteiger partial charge is 0.256 e. The van der Waals surface area contributed by atoms with Gasteiger partial charge in [0.05, 0.1) is 12.7 Å². The van der Waals surface area contributed by atoms with Gasteiger partial charge in [-0.15, -0.1) is 0 Å². The Kier molecular flexibility index (Phi) is 5.25. The van der Waals surface area contributed by atoms with Crippen molar-refractivity contribution >= 4 is 11.9 Å². The number of piperidine rings is 1. The van der Waals surface area contributed by atoms with Gasteiger partial charge in [-0.1, -0.05) is 18.2 Å². The van der Waals surface area contributed by atoms with Gasteiger partial charge in [0.1, 0.15) is 5.75 Å². The fourth-order valence-electron chi connectivity index (χ4n) is 2.83. The molecule has 1 amide bonds. The van der Waals surface area contributed by atoms with Crippen LogP contribution in [0.4, 0.5) is 5.95 Å². The summed E-state index contributed by atoms with van der Waals surface area (Å²) in [4.78, 5) is 22.8. The van der Waals surface area contributed by atoms with Crippen molar-refractivity contribution in [3.05, 3.63) is 47.8 Å². The lowest BCUT2D eigenvalue weighted by Gasteiger charge is -2.26. The van der Waals surface area contributed by atoms with E-state index in [4.69, 9.17) is 4.74 Å². The molecular weight excluding hydrogens is 304 g/mol. The Bertz CT molecular complexity index is 682. The number of carbonyl (C=O) groups is 1. The summed E-state index contributed by atoms with van der Waals surface area (Å²) in [6, 6.07) is 7.79. The molecule has 0 unspecified atom stereocenters. The first-order valence-electron chi connectivity index (χ1n) is 8.25. The molecule has 1 aromatic carbocycles. The van der Waals surface area contributed by atoms with Crippen LogP contribution < -0.4 is 10.1 Å². The number of ether oxygens (including phenoxy) is 1. The largest absolute Gasteiger partial charge is 0.496 e. The van der Waals surface area contributed by atoms with Crippen LogP contribution in [0.3, 0.4) is 0 Å². The van der Waals surface area contributed by atoms with Crippen LogP contribution in [-0.4, -0.2) is 41.0 Å². The molecule has 0 saturated carbocycles. The van der Waals surface area contributed by atoms with Gasteiger partial charge >= 0.3 is 0 Å². The molecule has 1 saturated heterocycles. The van der Waals surface area contributed by atoms with Gasteiger partial charge < -0.3 is 15.0 Å². The number of anilines is 1. The van der Waals surface area contributed by atoms with Gasteiger partial charge in [0.15, 0.2) is 0 Å². The van der Waals surface area contributed by atoms with Gasteiger partial charge in [-0.2, -0.15) is 0 Å². The Morgan fingerprint density at radius 1 is 1.17 bits per heavy atom. The maximum Gasteiger partial charge on any atom is 0.256 e. The Morgan fingerprint density at radius 3 is 2.58 bits per heavy atom. The molecule has 0 spiro atoms. The van der Waals surface area contributed by atoms with E-state index in [1.807, 2.05) is 29.2 Å². The van der Waals surface area contributed by atoms with Crippen LogP contribution in [0.2, 0.25) is 0 Å². The molecule has 0 atom stereocenters. The van der Waals surface area contributed by atoms with Crippen LogP contribution in [-0.2, 0) is 6.54 Å². The SMILES string of the molecule is COc1ccccc1CNc1ncc(C(=O)N2CCCCC2)cn1. The Hall–Kier alpha value is -2.63. The maximum absolute atomic E-state index is 12.4. The molecule has 0 radical (unpaired) electrons. The molecule has 1 N–H and O–H groups in total. The summed E-state index contributed by atoms with van der Waals surface area (Å²) < 4.78 is 5.32. The molecule has 2 heterocycles. The minimum absolute atomic E-state index is 0.0194. The highest BCUT2D eigenvalue weighted by molar-refractivity contribution is 5.93. The summed E-state index contributed by atoms with van der Waals surface area (Å²) in [6.07, 6.45) is 6.53. The minimum atomic E-state index is 0.0194. The van der Waals surface area contributed by atoms with Gasteiger partial charge in [0.2, 0.25) is 5.95 Å². The molecule has 1 aliphatic rings. The summed E-state index contributed by atoms with van der Waals surface area (Å²) >= 11 is 0. The number of nitrogens with zero attached hydrogens (tertiary/aromatic N) is 3. The van der Waals surface area contributed by atoms with Crippen molar-refractivity contribution in [2.24, 2.45) is 0 Å². The monoisotopic (exact) mass is 326 g/mol. The number of hydrogen-bond acceptors (Lipinski definition) is 5. The van der Waals surface area contributed by atoms with E-state index >= 15 is 0 Å². The Balaban J connectivity index is 1.61. The number of para-hydroxylation sites is 1. The van der Waals surface area contributed by atoms with Crippen molar-refractivity contribution in [2.45, 2.75) is 25.8 Å². The fraction of sp³-hybridized carbons (Fsp3) is 0.389. The minimum Gasteiger partial charge on any atom is -0.496 e. The van der Waals surface area contributed by atoms with E-state index in [9.17, 15) is 4.79 Å². The number of hydrogen-bond donors (Lipinski definition) is 1. The number of benzene rings is 1. The van der Waals surface area contributed by atoms with E-state index in [-0.39, 0.29) is 5.91 Å². The molecule has 3 rings (SSSR count). The van der Waals surface area contributed by atoms with E-state index in [2.05, 4.69) is 15.3 Å². The third kappa shape index (κ3) is 3.82. The second-order valence-corrected chi connectivity index (χ2v) is 5.81. The van der Waals surface area contributed by atoms with Crippen LogP contribution in [0, 0.1) is 0 Å². The number of amides is 1. The number of methoxy groups -OCH3 is 1. The zero-order valence-electron chi connectivity index (χ0n) is 13.9. The molecule has 6 heteroatoms. The highest BCUT2D eigenvalue weighted by atomic mass is 16.5. The highest BCUT2D eigenvalue weighted by Crippen LogP contribution is 2.18.